The third kappa shape index (κ3) is 4.38. The molecule has 2 aromatic rings. The minimum Gasteiger partial charge on any atom is -0.497 e. The number of carbonyl (C=O) groups excluding carboxylic acids is 1. The smallest absolute Gasteiger partial charge is 0.246 e. The standard InChI is InChI=1S/C21H26N2O5S/c1-22(17-9-5-4-6-10-17)21(24)16-8-7-13-23(15-16)29(25,26)20-14-18(27-2)11-12-19(20)28-3/h4-6,9-12,14,16H,7-8,13,15H2,1-3H3. The number of ether oxygens (including phenoxy) is 2. The molecule has 0 aromatic heterocycles. The molecule has 1 amide bonds. The van der Waals surface area contributed by atoms with Crippen LogP contribution in [0, 0.1) is 5.92 Å². The van der Waals surface area contributed by atoms with Crippen LogP contribution in [0.1, 0.15) is 12.8 Å². The van der Waals surface area contributed by atoms with Crippen LogP contribution in [0.25, 0.3) is 0 Å². The van der Waals surface area contributed by atoms with Crippen molar-refractivity contribution in [3.63, 3.8) is 0 Å². The van der Waals surface area contributed by atoms with Crippen LogP contribution in [0.5, 0.6) is 11.5 Å². The minimum atomic E-state index is -3.84. The van der Waals surface area contributed by atoms with Crippen molar-refractivity contribution in [1.82, 2.24) is 4.31 Å². The monoisotopic (exact) mass is 418 g/mol. The molecular formula is C21H26N2O5S. The van der Waals surface area contributed by atoms with Gasteiger partial charge in [0.15, 0.2) is 0 Å². The zero-order chi connectivity index (χ0) is 21.0. The van der Waals surface area contributed by atoms with Gasteiger partial charge in [0.1, 0.15) is 16.4 Å². The molecule has 1 aliphatic heterocycles. The Bertz CT molecular complexity index is 962. The van der Waals surface area contributed by atoms with Gasteiger partial charge in [0.2, 0.25) is 15.9 Å². The van der Waals surface area contributed by atoms with E-state index >= 15 is 0 Å². The minimum absolute atomic E-state index is 0.0452. The fraction of sp³-hybridized carbons (Fsp3) is 0.381. The highest BCUT2D eigenvalue weighted by Crippen LogP contribution is 2.33. The van der Waals surface area contributed by atoms with E-state index in [0.29, 0.717) is 25.1 Å². The number of amides is 1. The molecule has 1 aliphatic rings. The molecule has 0 spiro atoms. The van der Waals surface area contributed by atoms with Gasteiger partial charge in [-0.2, -0.15) is 4.31 Å². The summed E-state index contributed by atoms with van der Waals surface area (Å²) in [5, 5.41) is 0. The highest BCUT2D eigenvalue weighted by Gasteiger charge is 2.36. The third-order valence-electron chi connectivity index (χ3n) is 5.20. The summed E-state index contributed by atoms with van der Waals surface area (Å²) in [7, 11) is 0.790. The van der Waals surface area contributed by atoms with E-state index in [1.165, 1.54) is 24.6 Å². The van der Waals surface area contributed by atoms with Gasteiger partial charge in [0.05, 0.1) is 20.1 Å². The lowest BCUT2D eigenvalue weighted by molar-refractivity contribution is -0.123. The second kappa shape index (κ2) is 8.84. The Hall–Kier alpha value is -2.58. The average Bonchev–Trinajstić information content (AvgIpc) is 2.78. The lowest BCUT2D eigenvalue weighted by Crippen LogP contribution is -2.46. The summed E-state index contributed by atoms with van der Waals surface area (Å²) in [6.45, 7) is 0.500. The number of piperidine rings is 1. The van der Waals surface area contributed by atoms with Crippen LogP contribution in [0.2, 0.25) is 0 Å². The summed E-state index contributed by atoms with van der Waals surface area (Å²) in [5.41, 5.74) is 0.784. The Balaban J connectivity index is 1.84. The number of rotatable bonds is 6. The number of para-hydroxylation sites is 1. The van der Waals surface area contributed by atoms with Crippen molar-refractivity contribution in [3.05, 3.63) is 48.5 Å². The first-order chi connectivity index (χ1) is 13.9. The van der Waals surface area contributed by atoms with Gasteiger partial charge >= 0.3 is 0 Å². The first kappa shape index (κ1) is 21.1. The second-order valence-corrected chi connectivity index (χ2v) is 8.86. The van der Waals surface area contributed by atoms with Crippen molar-refractivity contribution in [2.75, 3.05) is 39.3 Å². The summed E-state index contributed by atoms with van der Waals surface area (Å²) < 4.78 is 38.4. The first-order valence-electron chi connectivity index (χ1n) is 9.43. The predicted molar refractivity (Wildman–Crippen MR) is 111 cm³/mol. The number of benzene rings is 2. The van der Waals surface area contributed by atoms with E-state index in [0.717, 1.165) is 5.69 Å². The summed E-state index contributed by atoms with van der Waals surface area (Å²) >= 11 is 0. The van der Waals surface area contributed by atoms with E-state index in [-0.39, 0.29) is 23.1 Å². The van der Waals surface area contributed by atoms with Gasteiger partial charge in [-0.25, -0.2) is 8.42 Å². The normalized spacial score (nSPS) is 17.6. The molecule has 8 heteroatoms. The molecule has 1 saturated heterocycles. The number of hydrogen-bond donors (Lipinski definition) is 0. The van der Waals surface area contributed by atoms with Crippen molar-refractivity contribution in [1.29, 1.82) is 0 Å². The van der Waals surface area contributed by atoms with Crippen LogP contribution in [0.4, 0.5) is 5.69 Å². The van der Waals surface area contributed by atoms with E-state index < -0.39 is 15.9 Å². The Labute approximate surface area is 171 Å². The lowest BCUT2D eigenvalue weighted by Gasteiger charge is -2.33. The first-order valence-corrected chi connectivity index (χ1v) is 10.9. The molecule has 29 heavy (non-hydrogen) atoms. The summed E-state index contributed by atoms with van der Waals surface area (Å²) in [5.74, 6) is 0.188. The maximum atomic E-state index is 13.3. The molecule has 1 fully saturated rings. The van der Waals surface area contributed by atoms with E-state index in [2.05, 4.69) is 0 Å². The number of sulfonamides is 1. The zero-order valence-electron chi connectivity index (χ0n) is 16.9. The van der Waals surface area contributed by atoms with Crippen molar-refractivity contribution < 1.29 is 22.7 Å². The van der Waals surface area contributed by atoms with Gasteiger partial charge in [-0.05, 0) is 37.1 Å². The van der Waals surface area contributed by atoms with Gasteiger partial charge in [0, 0.05) is 31.9 Å². The van der Waals surface area contributed by atoms with Gasteiger partial charge in [-0.3, -0.25) is 4.79 Å². The highest BCUT2D eigenvalue weighted by atomic mass is 32.2. The molecule has 0 bridgehead atoms. The number of carbonyl (C=O) groups is 1. The molecule has 1 heterocycles. The summed E-state index contributed by atoms with van der Waals surface area (Å²) in [6.07, 6.45) is 1.27. The molecule has 7 nitrogen and oxygen atoms in total. The number of methoxy groups -OCH3 is 2. The Morgan fingerprint density at radius 2 is 1.83 bits per heavy atom. The van der Waals surface area contributed by atoms with Gasteiger partial charge in [0.25, 0.3) is 0 Å². The Morgan fingerprint density at radius 1 is 1.10 bits per heavy atom. The topological polar surface area (TPSA) is 76.1 Å². The van der Waals surface area contributed by atoms with E-state index in [1.54, 1.807) is 24.1 Å². The van der Waals surface area contributed by atoms with Crippen molar-refractivity contribution in [2.24, 2.45) is 5.92 Å². The van der Waals surface area contributed by atoms with Crippen molar-refractivity contribution in [3.8, 4) is 11.5 Å². The number of nitrogens with zero attached hydrogens (tertiary/aromatic N) is 2. The lowest BCUT2D eigenvalue weighted by atomic mass is 9.98. The maximum absolute atomic E-state index is 13.3. The van der Waals surface area contributed by atoms with Crippen LogP contribution in [0.15, 0.2) is 53.4 Å². The molecule has 1 unspecified atom stereocenters. The predicted octanol–water partition coefficient (Wildman–Crippen LogP) is 2.77. The molecular weight excluding hydrogens is 392 g/mol. The molecule has 156 valence electrons. The van der Waals surface area contributed by atoms with Crippen LogP contribution < -0.4 is 14.4 Å². The van der Waals surface area contributed by atoms with E-state index in [4.69, 9.17) is 9.47 Å². The van der Waals surface area contributed by atoms with Crippen LogP contribution >= 0.6 is 0 Å². The zero-order valence-corrected chi connectivity index (χ0v) is 17.7. The maximum Gasteiger partial charge on any atom is 0.246 e. The summed E-state index contributed by atoms with van der Waals surface area (Å²) in [6, 6.07) is 14.0. The quantitative estimate of drug-likeness (QED) is 0.721. The third-order valence-corrected chi connectivity index (χ3v) is 7.08. The SMILES string of the molecule is COc1ccc(OC)c(S(=O)(=O)N2CCCC(C(=O)N(C)c3ccccc3)C2)c1. The van der Waals surface area contributed by atoms with Crippen LogP contribution in [-0.2, 0) is 14.8 Å². The molecule has 1 atom stereocenters. The summed E-state index contributed by atoms with van der Waals surface area (Å²) in [4.78, 5) is 14.6. The second-order valence-electron chi connectivity index (χ2n) is 6.95. The van der Waals surface area contributed by atoms with Gasteiger partial charge in [-0.15, -0.1) is 0 Å². The Kier molecular flexibility index (Phi) is 6.44. The van der Waals surface area contributed by atoms with Crippen LogP contribution in [0.3, 0.4) is 0 Å². The molecule has 3 rings (SSSR count). The number of hydrogen-bond acceptors (Lipinski definition) is 5. The fourth-order valence-corrected chi connectivity index (χ4v) is 5.23. The van der Waals surface area contributed by atoms with E-state index in [9.17, 15) is 13.2 Å². The van der Waals surface area contributed by atoms with Gasteiger partial charge in [-0.1, -0.05) is 18.2 Å². The molecule has 0 N–H and O–H groups in total. The molecule has 0 radical (unpaired) electrons. The van der Waals surface area contributed by atoms with Crippen LogP contribution in [-0.4, -0.2) is 53.0 Å². The van der Waals surface area contributed by atoms with Crippen molar-refractivity contribution in [2.45, 2.75) is 17.7 Å². The fourth-order valence-electron chi connectivity index (χ4n) is 3.54. The Morgan fingerprint density at radius 3 is 2.48 bits per heavy atom. The van der Waals surface area contributed by atoms with Crippen molar-refractivity contribution >= 4 is 21.6 Å². The highest BCUT2D eigenvalue weighted by molar-refractivity contribution is 7.89. The average molecular weight is 419 g/mol. The molecule has 0 aliphatic carbocycles. The largest absolute Gasteiger partial charge is 0.497 e. The molecule has 0 saturated carbocycles. The van der Waals surface area contributed by atoms with Gasteiger partial charge < -0.3 is 14.4 Å². The van der Waals surface area contributed by atoms with E-state index in [1.807, 2.05) is 30.3 Å². The molecule has 2 aromatic carbocycles. The number of anilines is 1.